The van der Waals surface area contributed by atoms with E-state index in [9.17, 15) is 13.2 Å². The first kappa shape index (κ1) is 20.6. The van der Waals surface area contributed by atoms with E-state index in [1.165, 1.54) is 9.87 Å². The lowest BCUT2D eigenvalue weighted by Gasteiger charge is -2.34. The molecule has 0 spiro atoms. The summed E-state index contributed by atoms with van der Waals surface area (Å²) in [6, 6.07) is 11.3. The first-order valence-corrected chi connectivity index (χ1v) is 11.8. The Morgan fingerprint density at radius 1 is 1.03 bits per heavy atom. The van der Waals surface area contributed by atoms with Crippen molar-refractivity contribution in [3.8, 4) is 0 Å². The molecule has 0 atom stereocenters. The van der Waals surface area contributed by atoms with E-state index in [0.29, 0.717) is 31.7 Å². The van der Waals surface area contributed by atoms with Gasteiger partial charge in [-0.3, -0.25) is 19.0 Å². The van der Waals surface area contributed by atoms with Crippen LogP contribution >= 0.6 is 0 Å². The summed E-state index contributed by atoms with van der Waals surface area (Å²) in [4.78, 5) is 20.9. The Labute approximate surface area is 177 Å². The van der Waals surface area contributed by atoms with Crippen LogP contribution in [0.2, 0.25) is 0 Å². The molecule has 0 saturated carbocycles. The van der Waals surface area contributed by atoms with Crippen molar-refractivity contribution in [2.75, 3.05) is 42.8 Å². The van der Waals surface area contributed by atoms with Gasteiger partial charge in [-0.15, -0.1) is 0 Å². The number of rotatable bonds is 5. The molecule has 158 valence electrons. The van der Waals surface area contributed by atoms with Gasteiger partial charge in [0, 0.05) is 57.7 Å². The van der Waals surface area contributed by atoms with Gasteiger partial charge in [0.15, 0.2) is 0 Å². The predicted molar refractivity (Wildman–Crippen MR) is 117 cm³/mol. The Kier molecular flexibility index (Phi) is 6.15. The van der Waals surface area contributed by atoms with Crippen molar-refractivity contribution in [1.82, 2.24) is 14.8 Å². The van der Waals surface area contributed by atoms with E-state index in [-0.39, 0.29) is 11.7 Å². The molecule has 8 heteroatoms. The average Bonchev–Trinajstić information content (AvgIpc) is 3.12. The molecule has 2 saturated heterocycles. The summed E-state index contributed by atoms with van der Waals surface area (Å²) in [6.45, 7) is 4.47. The third-order valence-corrected chi connectivity index (χ3v) is 7.38. The number of carbonyl (C=O) groups is 1. The van der Waals surface area contributed by atoms with E-state index >= 15 is 0 Å². The van der Waals surface area contributed by atoms with Crippen LogP contribution < -0.4 is 4.31 Å². The van der Waals surface area contributed by atoms with E-state index in [2.05, 4.69) is 16.0 Å². The van der Waals surface area contributed by atoms with Gasteiger partial charge in [-0.25, -0.2) is 8.42 Å². The van der Waals surface area contributed by atoms with Crippen LogP contribution in [-0.4, -0.2) is 67.6 Å². The molecule has 30 heavy (non-hydrogen) atoms. The van der Waals surface area contributed by atoms with Crippen LogP contribution in [-0.2, 0) is 21.4 Å². The first-order valence-electron chi connectivity index (χ1n) is 10.2. The summed E-state index contributed by atoms with van der Waals surface area (Å²) in [5, 5.41) is 0. The fourth-order valence-corrected chi connectivity index (χ4v) is 5.39. The van der Waals surface area contributed by atoms with Crippen LogP contribution in [0.25, 0.3) is 6.08 Å². The topological polar surface area (TPSA) is 73.8 Å². The number of hydrogen-bond donors (Lipinski definition) is 0. The molecule has 2 aromatic rings. The van der Waals surface area contributed by atoms with Gasteiger partial charge in [0.05, 0.1) is 11.4 Å². The highest BCUT2D eigenvalue weighted by Crippen LogP contribution is 2.24. The van der Waals surface area contributed by atoms with Crippen LogP contribution in [0.4, 0.5) is 5.69 Å². The molecule has 3 heterocycles. The Bertz CT molecular complexity index is 998. The summed E-state index contributed by atoms with van der Waals surface area (Å²) in [5.41, 5.74) is 2.74. The van der Waals surface area contributed by atoms with Gasteiger partial charge >= 0.3 is 0 Å². The lowest BCUT2D eigenvalue weighted by molar-refractivity contribution is -0.127. The minimum absolute atomic E-state index is 0.00206. The molecule has 0 bridgehead atoms. The Balaban J connectivity index is 1.29. The molecule has 1 amide bonds. The number of aromatic nitrogens is 1. The molecule has 0 N–H and O–H groups in total. The Hall–Kier alpha value is -2.71. The molecule has 7 nitrogen and oxygen atoms in total. The van der Waals surface area contributed by atoms with Crippen molar-refractivity contribution < 1.29 is 13.2 Å². The van der Waals surface area contributed by atoms with Crippen molar-refractivity contribution in [3.05, 3.63) is 66.0 Å². The lowest BCUT2D eigenvalue weighted by atomic mass is 10.2. The fraction of sp³-hybridized carbons (Fsp3) is 0.364. The summed E-state index contributed by atoms with van der Waals surface area (Å²) in [5.74, 6) is 0.209. The van der Waals surface area contributed by atoms with Gasteiger partial charge in [-0.2, -0.15) is 0 Å². The van der Waals surface area contributed by atoms with Gasteiger partial charge < -0.3 is 4.90 Å². The molecule has 2 aliphatic heterocycles. The number of piperazine rings is 1. The minimum atomic E-state index is -3.17. The number of carbonyl (C=O) groups excluding carboxylic acids is 1. The highest BCUT2D eigenvalue weighted by atomic mass is 32.2. The molecule has 1 aromatic carbocycles. The largest absolute Gasteiger partial charge is 0.337 e. The average molecular weight is 427 g/mol. The molecule has 4 rings (SSSR count). The van der Waals surface area contributed by atoms with E-state index in [4.69, 9.17) is 0 Å². The smallest absolute Gasteiger partial charge is 0.246 e. The van der Waals surface area contributed by atoms with E-state index < -0.39 is 10.0 Å². The number of hydrogen-bond acceptors (Lipinski definition) is 5. The monoisotopic (exact) mass is 426 g/mol. The van der Waals surface area contributed by atoms with E-state index in [1.807, 2.05) is 29.3 Å². The SMILES string of the molecule is O=C(/C=C/c1ccc(N2CCCS2(=O)=O)cc1)N1CCN(Cc2cccnc2)CC1. The van der Waals surface area contributed by atoms with Crippen molar-refractivity contribution in [2.45, 2.75) is 13.0 Å². The van der Waals surface area contributed by atoms with Crippen molar-refractivity contribution in [3.63, 3.8) is 0 Å². The quantitative estimate of drug-likeness (QED) is 0.684. The summed E-state index contributed by atoms with van der Waals surface area (Å²) < 4.78 is 25.5. The number of benzene rings is 1. The molecule has 0 radical (unpaired) electrons. The van der Waals surface area contributed by atoms with Crippen molar-refractivity contribution >= 4 is 27.7 Å². The summed E-state index contributed by atoms with van der Waals surface area (Å²) in [6.07, 6.45) is 7.69. The third-order valence-electron chi connectivity index (χ3n) is 5.51. The Morgan fingerprint density at radius 2 is 1.80 bits per heavy atom. The number of nitrogens with zero attached hydrogens (tertiary/aromatic N) is 4. The van der Waals surface area contributed by atoms with Crippen LogP contribution in [0.3, 0.4) is 0 Å². The van der Waals surface area contributed by atoms with Crippen LogP contribution in [0.15, 0.2) is 54.9 Å². The second-order valence-corrected chi connectivity index (χ2v) is 9.64. The van der Waals surface area contributed by atoms with Gasteiger partial charge in [-0.1, -0.05) is 18.2 Å². The molecule has 0 unspecified atom stereocenters. The molecule has 2 fully saturated rings. The molecular formula is C22H26N4O3S. The summed E-state index contributed by atoms with van der Waals surface area (Å²) >= 11 is 0. The molecule has 2 aliphatic rings. The van der Waals surface area contributed by atoms with Gasteiger partial charge in [0.25, 0.3) is 0 Å². The van der Waals surface area contributed by atoms with Gasteiger partial charge in [0.2, 0.25) is 15.9 Å². The second-order valence-electron chi connectivity index (χ2n) is 7.63. The standard InChI is InChI=1S/C22H26N4O3S/c27-22(25-14-12-24(13-15-25)18-20-3-1-10-23-17-20)9-6-19-4-7-21(8-5-19)26-11-2-16-30(26,28)29/h1,3-10,17H,2,11-16,18H2/b9-6+. The van der Waals surface area contributed by atoms with Crippen LogP contribution in [0.5, 0.6) is 0 Å². The Morgan fingerprint density at radius 3 is 2.43 bits per heavy atom. The van der Waals surface area contributed by atoms with Gasteiger partial charge in [-0.05, 0) is 41.8 Å². The number of pyridine rings is 1. The maximum absolute atomic E-state index is 12.5. The third kappa shape index (κ3) is 4.88. The van der Waals surface area contributed by atoms with Gasteiger partial charge in [0.1, 0.15) is 0 Å². The van der Waals surface area contributed by atoms with Crippen LogP contribution in [0.1, 0.15) is 17.5 Å². The second kappa shape index (κ2) is 8.97. The fourth-order valence-electron chi connectivity index (χ4n) is 3.83. The molecule has 0 aliphatic carbocycles. The maximum atomic E-state index is 12.5. The zero-order chi connectivity index (χ0) is 21.0. The number of sulfonamides is 1. The number of anilines is 1. The van der Waals surface area contributed by atoms with E-state index in [0.717, 1.165) is 25.2 Å². The number of amides is 1. The molecular weight excluding hydrogens is 400 g/mol. The highest BCUT2D eigenvalue weighted by molar-refractivity contribution is 7.93. The van der Waals surface area contributed by atoms with Crippen LogP contribution in [0, 0.1) is 0 Å². The zero-order valence-electron chi connectivity index (χ0n) is 16.9. The predicted octanol–water partition coefficient (Wildman–Crippen LogP) is 1.98. The van der Waals surface area contributed by atoms with E-state index in [1.54, 1.807) is 30.5 Å². The molecule has 1 aromatic heterocycles. The van der Waals surface area contributed by atoms with Crippen molar-refractivity contribution in [1.29, 1.82) is 0 Å². The van der Waals surface area contributed by atoms with Crippen molar-refractivity contribution in [2.24, 2.45) is 0 Å². The zero-order valence-corrected chi connectivity index (χ0v) is 17.7. The highest BCUT2D eigenvalue weighted by Gasteiger charge is 2.28. The first-order chi connectivity index (χ1) is 14.5. The summed E-state index contributed by atoms with van der Waals surface area (Å²) in [7, 11) is -3.17. The lowest BCUT2D eigenvalue weighted by Crippen LogP contribution is -2.47. The minimum Gasteiger partial charge on any atom is -0.337 e. The normalized spacial score (nSPS) is 19.5. The maximum Gasteiger partial charge on any atom is 0.246 e.